The maximum atomic E-state index is 12.9. The Hall–Kier alpha value is -3.08. The summed E-state index contributed by atoms with van der Waals surface area (Å²) in [5.74, 6) is -1.51. The van der Waals surface area contributed by atoms with E-state index in [1.807, 2.05) is 0 Å². The van der Waals surface area contributed by atoms with Gasteiger partial charge in [0.05, 0.1) is 19.8 Å². The van der Waals surface area contributed by atoms with Gasteiger partial charge in [-0.05, 0) is 103 Å². The highest BCUT2D eigenvalue weighted by molar-refractivity contribution is 7.47. The Labute approximate surface area is 427 Å². The lowest BCUT2D eigenvalue weighted by atomic mass is 10.1. The summed E-state index contributed by atoms with van der Waals surface area (Å²) in [5, 5.41) is 9.79. The van der Waals surface area contributed by atoms with E-state index in [4.69, 9.17) is 23.3 Å². The standard InChI is InChI=1S/C58H101O11P/c1-4-7-10-13-16-19-22-24-25-26-27-28-29-31-34-37-40-43-46-49-58(62)69-55(51-65-56(60)47-44-41-38-35-32-21-18-15-12-9-6-3)53-67-70(63,64)66-52-54(50-59)68-57(61)48-45-42-39-36-33-30-23-20-17-14-11-8-5-2/h11,14-16,18-20,23-25,27-28,54-55,59H,4-10,12-13,17,21-22,26,29-53H2,1-3H3,(H,63,64)/b14-11-,18-15-,19-16-,23-20-,25-24-,28-27-. The summed E-state index contributed by atoms with van der Waals surface area (Å²) in [5.41, 5.74) is 0. The lowest BCUT2D eigenvalue weighted by molar-refractivity contribution is -0.161. The fourth-order valence-electron chi connectivity index (χ4n) is 7.26. The minimum Gasteiger partial charge on any atom is -0.462 e. The summed E-state index contributed by atoms with van der Waals surface area (Å²) < 4.78 is 39.4. The van der Waals surface area contributed by atoms with Crippen molar-refractivity contribution in [3.8, 4) is 0 Å². The fourth-order valence-corrected chi connectivity index (χ4v) is 8.05. The van der Waals surface area contributed by atoms with Crippen LogP contribution >= 0.6 is 7.82 Å². The molecule has 70 heavy (non-hydrogen) atoms. The number of esters is 3. The van der Waals surface area contributed by atoms with Crippen LogP contribution in [0.1, 0.15) is 239 Å². The molecule has 0 aliphatic heterocycles. The molecule has 0 spiro atoms. The molecule has 0 rings (SSSR count). The van der Waals surface area contributed by atoms with Crippen LogP contribution in [0.3, 0.4) is 0 Å². The van der Waals surface area contributed by atoms with Gasteiger partial charge in [0.2, 0.25) is 0 Å². The maximum Gasteiger partial charge on any atom is 0.472 e. The second-order valence-electron chi connectivity index (χ2n) is 18.4. The molecule has 3 unspecified atom stereocenters. The van der Waals surface area contributed by atoms with E-state index in [0.29, 0.717) is 19.3 Å². The molecule has 3 atom stereocenters. The summed E-state index contributed by atoms with van der Waals surface area (Å²) in [6.07, 6.45) is 57.2. The SMILES string of the molecule is CCC/C=C\C/C=C\CCCCCCCC(=O)OC(CO)COP(=O)(O)OCC(COC(=O)CCCCCCC/C=C\CCCC)OC(=O)CCCCCCCC/C=C\C/C=C\C/C=C\CCCCC. The number of aliphatic hydroxyl groups excluding tert-OH is 1. The lowest BCUT2D eigenvalue weighted by Gasteiger charge is -2.21. The van der Waals surface area contributed by atoms with Crippen LogP contribution in [0.4, 0.5) is 0 Å². The Balaban J connectivity index is 4.74. The number of aliphatic hydroxyl groups is 1. The molecule has 0 aliphatic rings. The summed E-state index contributed by atoms with van der Waals surface area (Å²) in [7, 11) is -4.75. The van der Waals surface area contributed by atoms with Gasteiger partial charge in [-0.3, -0.25) is 23.4 Å². The van der Waals surface area contributed by atoms with Crippen molar-refractivity contribution in [3.05, 3.63) is 72.9 Å². The number of hydrogen-bond acceptors (Lipinski definition) is 10. The van der Waals surface area contributed by atoms with E-state index in [0.717, 1.165) is 135 Å². The molecular weight excluding hydrogens is 904 g/mol. The molecule has 0 aromatic heterocycles. The van der Waals surface area contributed by atoms with Gasteiger partial charge in [0.25, 0.3) is 0 Å². The predicted octanol–water partition coefficient (Wildman–Crippen LogP) is 16.1. The minimum atomic E-state index is -4.75. The van der Waals surface area contributed by atoms with Gasteiger partial charge in [-0.15, -0.1) is 0 Å². The summed E-state index contributed by atoms with van der Waals surface area (Å²) in [4.78, 5) is 48.4. The molecule has 0 heterocycles. The third-order valence-electron chi connectivity index (χ3n) is 11.6. The van der Waals surface area contributed by atoms with Gasteiger partial charge in [0.15, 0.2) is 6.10 Å². The van der Waals surface area contributed by atoms with Crippen molar-refractivity contribution in [2.45, 2.75) is 251 Å². The van der Waals surface area contributed by atoms with E-state index >= 15 is 0 Å². The zero-order valence-corrected chi connectivity index (χ0v) is 45.4. The van der Waals surface area contributed by atoms with E-state index in [-0.39, 0.29) is 25.9 Å². The first-order chi connectivity index (χ1) is 34.2. The zero-order chi connectivity index (χ0) is 51.3. The van der Waals surface area contributed by atoms with Crippen molar-refractivity contribution in [2.24, 2.45) is 0 Å². The quantitative estimate of drug-likeness (QED) is 0.0197. The second-order valence-corrected chi connectivity index (χ2v) is 19.8. The Morgan fingerprint density at radius 1 is 0.400 bits per heavy atom. The van der Waals surface area contributed by atoms with Gasteiger partial charge in [-0.2, -0.15) is 0 Å². The van der Waals surface area contributed by atoms with Crippen LogP contribution in [0.25, 0.3) is 0 Å². The number of carbonyl (C=O) groups excluding carboxylic acids is 3. The van der Waals surface area contributed by atoms with Gasteiger partial charge in [-0.25, -0.2) is 4.57 Å². The van der Waals surface area contributed by atoms with Crippen LogP contribution in [-0.4, -0.2) is 66.5 Å². The molecule has 0 amide bonds. The zero-order valence-electron chi connectivity index (χ0n) is 44.5. The Bertz CT molecular complexity index is 1450. The maximum absolute atomic E-state index is 12.9. The van der Waals surface area contributed by atoms with Gasteiger partial charge in [-0.1, -0.05) is 190 Å². The normalized spacial score (nSPS) is 14.0. The van der Waals surface area contributed by atoms with E-state index in [2.05, 4.69) is 93.7 Å². The monoisotopic (exact) mass is 1000 g/mol. The van der Waals surface area contributed by atoms with Crippen LogP contribution in [0.5, 0.6) is 0 Å². The van der Waals surface area contributed by atoms with E-state index < -0.39 is 57.8 Å². The summed E-state index contributed by atoms with van der Waals surface area (Å²) in [6.45, 7) is 4.47. The van der Waals surface area contributed by atoms with Crippen molar-refractivity contribution in [3.63, 3.8) is 0 Å². The number of rotatable bonds is 51. The molecule has 0 radical (unpaired) electrons. The molecule has 0 saturated heterocycles. The van der Waals surface area contributed by atoms with Crippen LogP contribution < -0.4 is 0 Å². The van der Waals surface area contributed by atoms with E-state index in [1.165, 1.54) is 44.9 Å². The number of ether oxygens (including phenoxy) is 3. The first-order valence-electron chi connectivity index (χ1n) is 27.8. The molecule has 11 nitrogen and oxygen atoms in total. The average Bonchev–Trinajstić information content (AvgIpc) is 3.35. The highest BCUT2D eigenvalue weighted by Gasteiger charge is 2.28. The minimum absolute atomic E-state index is 0.149. The van der Waals surface area contributed by atoms with Crippen LogP contribution in [0.15, 0.2) is 72.9 Å². The molecule has 0 bridgehead atoms. The molecule has 2 N–H and O–H groups in total. The third kappa shape index (κ3) is 49.9. The van der Waals surface area contributed by atoms with Crippen LogP contribution in [0.2, 0.25) is 0 Å². The Morgan fingerprint density at radius 2 is 0.743 bits per heavy atom. The van der Waals surface area contributed by atoms with Crippen molar-refractivity contribution in [2.75, 3.05) is 26.4 Å². The van der Waals surface area contributed by atoms with Gasteiger partial charge < -0.3 is 24.2 Å². The van der Waals surface area contributed by atoms with Crippen molar-refractivity contribution in [1.82, 2.24) is 0 Å². The van der Waals surface area contributed by atoms with Gasteiger partial charge >= 0.3 is 25.7 Å². The highest BCUT2D eigenvalue weighted by atomic mass is 31.2. The Morgan fingerprint density at radius 3 is 1.19 bits per heavy atom. The lowest BCUT2D eigenvalue weighted by Crippen LogP contribution is -2.30. The number of phosphoric ester groups is 1. The van der Waals surface area contributed by atoms with E-state index in [1.54, 1.807) is 0 Å². The molecule has 0 aromatic rings. The molecular formula is C58H101O11P. The van der Waals surface area contributed by atoms with Gasteiger partial charge in [0.1, 0.15) is 12.7 Å². The fraction of sp³-hybridized carbons (Fsp3) is 0.741. The number of carbonyl (C=O) groups is 3. The largest absolute Gasteiger partial charge is 0.472 e. The third-order valence-corrected chi connectivity index (χ3v) is 12.5. The molecule has 0 aliphatic carbocycles. The van der Waals surface area contributed by atoms with Gasteiger partial charge in [0, 0.05) is 19.3 Å². The predicted molar refractivity (Wildman–Crippen MR) is 288 cm³/mol. The van der Waals surface area contributed by atoms with Crippen LogP contribution in [-0.2, 0) is 42.2 Å². The second kappa shape index (κ2) is 52.2. The average molecular weight is 1010 g/mol. The molecule has 404 valence electrons. The molecule has 0 aromatic carbocycles. The number of unbranched alkanes of at least 4 members (excludes halogenated alkanes) is 22. The van der Waals surface area contributed by atoms with Crippen LogP contribution in [0, 0.1) is 0 Å². The highest BCUT2D eigenvalue weighted by Crippen LogP contribution is 2.43. The van der Waals surface area contributed by atoms with Crippen molar-refractivity contribution >= 4 is 25.7 Å². The summed E-state index contributed by atoms with van der Waals surface area (Å²) >= 11 is 0. The molecule has 12 heteroatoms. The van der Waals surface area contributed by atoms with E-state index in [9.17, 15) is 28.9 Å². The first kappa shape index (κ1) is 66.9. The smallest absolute Gasteiger partial charge is 0.462 e. The summed E-state index contributed by atoms with van der Waals surface area (Å²) in [6, 6.07) is 0. The number of phosphoric acid groups is 1. The molecule has 0 saturated carbocycles. The first-order valence-corrected chi connectivity index (χ1v) is 29.3. The topological polar surface area (TPSA) is 155 Å². The van der Waals surface area contributed by atoms with Crippen molar-refractivity contribution < 1.29 is 52.2 Å². The molecule has 0 fully saturated rings. The number of allylic oxidation sites excluding steroid dienone is 12. The Kier molecular flexibility index (Phi) is 50.0. The van der Waals surface area contributed by atoms with Crippen molar-refractivity contribution in [1.29, 1.82) is 0 Å². The number of hydrogen-bond donors (Lipinski definition) is 2.